The molecule has 2 amide bonds. The first-order chi connectivity index (χ1) is 11.7. The summed E-state index contributed by atoms with van der Waals surface area (Å²) in [4.78, 5) is 28.6. The number of imide groups is 1. The summed E-state index contributed by atoms with van der Waals surface area (Å²) in [5.74, 6) is -0.233. The molecule has 1 heterocycles. The lowest BCUT2D eigenvalue weighted by Crippen LogP contribution is -2.40. The van der Waals surface area contributed by atoms with Gasteiger partial charge in [-0.25, -0.2) is 4.90 Å². The number of amides is 2. The van der Waals surface area contributed by atoms with Crippen molar-refractivity contribution in [2.75, 3.05) is 18.1 Å². The van der Waals surface area contributed by atoms with Gasteiger partial charge in [0.05, 0.1) is 4.91 Å². The number of hydrogen-bond acceptors (Lipinski definition) is 4. The Kier molecular flexibility index (Phi) is 5.01. The molecule has 1 aliphatic heterocycles. The molecule has 0 aliphatic carbocycles. The van der Waals surface area contributed by atoms with Gasteiger partial charge in [0.2, 0.25) is 0 Å². The maximum Gasteiger partial charge on any atom is 0.295 e. The average molecular weight is 338 g/mol. The Bertz CT molecular complexity index is 759. The molecule has 3 rings (SSSR count). The predicted molar refractivity (Wildman–Crippen MR) is 98.6 cm³/mol. The van der Waals surface area contributed by atoms with Crippen molar-refractivity contribution < 1.29 is 9.59 Å². The molecule has 4 nitrogen and oxygen atoms in total. The van der Waals surface area contributed by atoms with Crippen molar-refractivity contribution in [2.24, 2.45) is 0 Å². The molecule has 1 aliphatic rings. The van der Waals surface area contributed by atoms with Crippen LogP contribution in [0, 0.1) is 0 Å². The molecule has 2 aromatic carbocycles. The van der Waals surface area contributed by atoms with E-state index in [4.69, 9.17) is 0 Å². The summed E-state index contributed by atoms with van der Waals surface area (Å²) in [7, 11) is 0. The third kappa shape index (κ3) is 3.51. The van der Waals surface area contributed by atoms with Crippen molar-refractivity contribution in [2.45, 2.75) is 6.92 Å². The SMILES string of the molecule is CCN(CN1C(=O)SC(=Cc2ccccc2)C1=O)c1ccccc1. The standard InChI is InChI=1S/C19H18N2O2S/c1-2-20(16-11-7-4-8-12-16)14-21-18(22)17(24-19(21)23)13-15-9-5-3-6-10-15/h3-13H,2,14H2,1H3. The minimum absolute atomic E-state index is 0.225. The minimum Gasteiger partial charge on any atom is -0.353 e. The number of carbonyl (C=O) groups excluding carboxylic acids is 2. The maximum absolute atomic E-state index is 12.6. The molecule has 0 N–H and O–H groups in total. The van der Waals surface area contributed by atoms with Crippen LogP contribution >= 0.6 is 11.8 Å². The van der Waals surface area contributed by atoms with Gasteiger partial charge in [0.1, 0.15) is 6.67 Å². The second kappa shape index (κ2) is 7.36. The van der Waals surface area contributed by atoms with Gasteiger partial charge in [-0.3, -0.25) is 9.59 Å². The molecule has 0 atom stereocenters. The van der Waals surface area contributed by atoms with Crippen LogP contribution in [-0.2, 0) is 4.79 Å². The van der Waals surface area contributed by atoms with Crippen LogP contribution in [0.3, 0.4) is 0 Å². The van der Waals surface area contributed by atoms with E-state index >= 15 is 0 Å². The molecule has 24 heavy (non-hydrogen) atoms. The van der Waals surface area contributed by atoms with Gasteiger partial charge in [-0.1, -0.05) is 48.5 Å². The first kappa shape index (κ1) is 16.3. The molecule has 0 spiro atoms. The lowest BCUT2D eigenvalue weighted by atomic mass is 10.2. The Labute approximate surface area is 145 Å². The topological polar surface area (TPSA) is 40.6 Å². The van der Waals surface area contributed by atoms with Crippen LogP contribution in [0.15, 0.2) is 65.6 Å². The largest absolute Gasteiger partial charge is 0.353 e. The lowest BCUT2D eigenvalue weighted by molar-refractivity contribution is -0.122. The van der Waals surface area contributed by atoms with Gasteiger partial charge >= 0.3 is 0 Å². The molecule has 0 unspecified atom stereocenters. The van der Waals surface area contributed by atoms with E-state index in [1.165, 1.54) is 4.90 Å². The Balaban J connectivity index is 1.78. The summed E-state index contributed by atoms with van der Waals surface area (Å²) in [6.07, 6.45) is 1.77. The highest BCUT2D eigenvalue weighted by atomic mass is 32.2. The van der Waals surface area contributed by atoms with E-state index < -0.39 is 0 Å². The summed E-state index contributed by atoms with van der Waals surface area (Å²) in [5, 5.41) is -0.225. The van der Waals surface area contributed by atoms with Gasteiger partial charge < -0.3 is 4.90 Å². The fraction of sp³-hybridized carbons (Fsp3) is 0.158. The van der Waals surface area contributed by atoms with Crippen molar-refractivity contribution in [3.05, 3.63) is 71.1 Å². The van der Waals surface area contributed by atoms with Crippen molar-refractivity contribution in [1.82, 2.24) is 4.90 Å². The molecule has 2 aromatic rings. The molecule has 1 saturated heterocycles. The normalized spacial score (nSPS) is 16.0. The number of rotatable bonds is 5. The molecule has 1 fully saturated rings. The van der Waals surface area contributed by atoms with Crippen LogP contribution in [-0.4, -0.2) is 29.3 Å². The van der Waals surface area contributed by atoms with Gasteiger partial charge in [0.15, 0.2) is 0 Å². The minimum atomic E-state index is -0.233. The van der Waals surface area contributed by atoms with E-state index in [1.807, 2.05) is 72.5 Å². The first-order valence-electron chi connectivity index (χ1n) is 7.79. The Morgan fingerprint density at radius 1 is 1.00 bits per heavy atom. The van der Waals surface area contributed by atoms with Gasteiger partial charge in [-0.2, -0.15) is 0 Å². The zero-order chi connectivity index (χ0) is 16.9. The second-order valence-electron chi connectivity index (χ2n) is 5.35. The molecule has 122 valence electrons. The van der Waals surface area contributed by atoms with Gasteiger partial charge in [-0.15, -0.1) is 0 Å². The number of para-hydroxylation sites is 1. The number of thioether (sulfide) groups is 1. The van der Waals surface area contributed by atoms with E-state index in [2.05, 4.69) is 0 Å². The van der Waals surface area contributed by atoms with E-state index in [1.54, 1.807) is 6.08 Å². The van der Waals surface area contributed by atoms with Crippen LogP contribution in [0.4, 0.5) is 10.5 Å². The Morgan fingerprint density at radius 2 is 1.62 bits per heavy atom. The summed E-state index contributed by atoms with van der Waals surface area (Å²) in [5.41, 5.74) is 1.91. The van der Waals surface area contributed by atoms with E-state index in [0.717, 1.165) is 23.0 Å². The Morgan fingerprint density at radius 3 is 2.25 bits per heavy atom. The van der Waals surface area contributed by atoms with Crippen molar-refractivity contribution in [3.63, 3.8) is 0 Å². The predicted octanol–water partition coefficient (Wildman–Crippen LogP) is 4.21. The third-order valence-corrected chi connectivity index (χ3v) is 4.69. The smallest absolute Gasteiger partial charge is 0.295 e. The highest BCUT2D eigenvalue weighted by Gasteiger charge is 2.35. The van der Waals surface area contributed by atoms with E-state index in [9.17, 15) is 9.59 Å². The maximum atomic E-state index is 12.6. The molecule has 5 heteroatoms. The monoisotopic (exact) mass is 338 g/mol. The van der Waals surface area contributed by atoms with Gasteiger partial charge in [-0.05, 0) is 42.5 Å². The summed E-state index contributed by atoms with van der Waals surface area (Å²) >= 11 is 0.996. The van der Waals surface area contributed by atoms with Crippen LogP contribution in [0.25, 0.3) is 6.08 Å². The first-order valence-corrected chi connectivity index (χ1v) is 8.61. The summed E-state index contributed by atoms with van der Waals surface area (Å²) < 4.78 is 0. The zero-order valence-corrected chi connectivity index (χ0v) is 14.2. The van der Waals surface area contributed by atoms with E-state index in [-0.39, 0.29) is 17.8 Å². The number of nitrogens with zero attached hydrogens (tertiary/aromatic N) is 2. The van der Waals surface area contributed by atoms with Crippen LogP contribution in [0.1, 0.15) is 12.5 Å². The molecular weight excluding hydrogens is 320 g/mol. The van der Waals surface area contributed by atoms with Crippen LogP contribution < -0.4 is 4.90 Å². The fourth-order valence-electron chi connectivity index (χ4n) is 2.50. The van der Waals surface area contributed by atoms with Gasteiger partial charge in [0.25, 0.3) is 11.1 Å². The number of anilines is 1. The Hall–Kier alpha value is -2.53. The second-order valence-corrected chi connectivity index (χ2v) is 6.35. The highest BCUT2D eigenvalue weighted by molar-refractivity contribution is 8.18. The molecule has 0 aromatic heterocycles. The molecule has 0 saturated carbocycles. The van der Waals surface area contributed by atoms with Crippen LogP contribution in [0.2, 0.25) is 0 Å². The summed E-state index contributed by atoms with van der Waals surface area (Å²) in [6, 6.07) is 19.3. The lowest BCUT2D eigenvalue weighted by Gasteiger charge is -2.26. The van der Waals surface area contributed by atoms with Gasteiger partial charge in [0, 0.05) is 12.2 Å². The average Bonchev–Trinajstić information content (AvgIpc) is 2.88. The fourth-order valence-corrected chi connectivity index (χ4v) is 3.33. The van der Waals surface area contributed by atoms with E-state index in [0.29, 0.717) is 11.4 Å². The highest BCUT2D eigenvalue weighted by Crippen LogP contribution is 2.32. The number of hydrogen-bond donors (Lipinski definition) is 0. The zero-order valence-electron chi connectivity index (χ0n) is 13.4. The third-order valence-electron chi connectivity index (χ3n) is 3.79. The van der Waals surface area contributed by atoms with Crippen LogP contribution in [0.5, 0.6) is 0 Å². The van der Waals surface area contributed by atoms with Crippen molar-refractivity contribution in [1.29, 1.82) is 0 Å². The number of carbonyl (C=O) groups is 2. The number of benzene rings is 2. The molecule has 0 radical (unpaired) electrons. The quantitative estimate of drug-likeness (QED) is 0.766. The summed E-state index contributed by atoms with van der Waals surface area (Å²) in [6.45, 7) is 2.98. The molecular formula is C19H18N2O2S. The van der Waals surface area contributed by atoms with Crippen molar-refractivity contribution in [3.8, 4) is 0 Å². The van der Waals surface area contributed by atoms with Crippen molar-refractivity contribution >= 4 is 34.7 Å². The molecule has 0 bridgehead atoms.